The summed E-state index contributed by atoms with van der Waals surface area (Å²) >= 11 is 0. The van der Waals surface area contributed by atoms with Crippen LogP contribution in [0.4, 0.5) is 0 Å². The lowest BCUT2D eigenvalue weighted by Crippen LogP contribution is -2.42. The van der Waals surface area contributed by atoms with Crippen LogP contribution in [-0.2, 0) is 24.9 Å². The predicted molar refractivity (Wildman–Crippen MR) is 99.8 cm³/mol. The van der Waals surface area contributed by atoms with Gasteiger partial charge in [0.1, 0.15) is 6.10 Å². The number of fused-ring (bicyclic) bond motifs is 1. The van der Waals surface area contributed by atoms with E-state index in [0.29, 0.717) is 18.8 Å². The first kappa shape index (κ1) is 18.2. The Bertz CT molecular complexity index is 792. The van der Waals surface area contributed by atoms with Gasteiger partial charge in [-0.3, -0.25) is 19.1 Å². The van der Waals surface area contributed by atoms with Crippen molar-refractivity contribution in [3.63, 3.8) is 0 Å². The van der Waals surface area contributed by atoms with Gasteiger partial charge in [-0.1, -0.05) is 0 Å². The molecular weight excluding hydrogens is 344 g/mol. The summed E-state index contributed by atoms with van der Waals surface area (Å²) in [7, 11) is 1.81. The summed E-state index contributed by atoms with van der Waals surface area (Å²) in [6, 6.07) is 3.76. The van der Waals surface area contributed by atoms with Crippen molar-refractivity contribution >= 4 is 5.91 Å². The Balaban J connectivity index is 1.45. The van der Waals surface area contributed by atoms with Crippen LogP contribution < -0.4 is 0 Å². The van der Waals surface area contributed by atoms with Crippen LogP contribution in [0.1, 0.15) is 48.9 Å². The topological polar surface area (TPSA) is 79.4 Å². The Morgan fingerprint density at radius 2 is 2.00 bits per heavy atom. The molecule has 8 nitrogen and oxygen atoms in total. The maximum atomic E-state index is 12.6. The Hall–Kier alpha value is -2.19. The average Bonchev–Trinajstić information content (AvgIpc) is 3.23. The molecule has 0 saturated carbocycles. The van der Waals surface area contributed by atoms with Crippen molar-refractivity contribution in [2.45, 2.75) is 44.9 Å². The van der Waals surface area contributed by atoms with E-state index in [9.17, 15) is 9.90 Å². The Morgan fingerprint density at radius 3 is 2.74 bits per heavy atom. The second-order valence-electron chi connectivity index (χ2n) is 7.57. The summed E-state index contributed by atoms with van der Waals surface area (Å²) < 4.78 is 3.64. The smallest absolute Gasteiger partial charge is 0.236 e. The summed E-state index contributed by atoms with van der Waals surface area (Å²) in [5.74, 6) is 0.234. The lowest BCUT2D eigenvalue weighted by Gasteiger charge is -2.29. The fourth-order valence-electron chi connectivity index (χ4n) is 4.06. The van der Waals surface area contributed by atoms with E-state index in [0.717, 1.165) is 56.8 Å². The van der Waals surface area contributed by atoms with Crippen LogP contribution >= 0.6 is 0 Å². The van der Waals surface area contributed by atoms with Gasteiger partial charge in [-0.15, -0.1) is 0 Å². The van der Waals surface area contributed by atoms with Crippen molar-refractivity contribution in [1.82, 2.24) is 29.4 Å². The molecule has 4 rings (SSSR count). The lowest BCUT2D eigenvalue weighted by molar-refractivity contribution is -0.133. The second kappa shape index (κ2) is 7.82. The minimum atomic E-state index is -0.791. The largest absolute Gasteiger partial charge is 0.380 e. The van der Waals surface area contributed by atoms with E-state index in [1.54, 1.807) is 16.9 Å². The lowest BCUT2D eigenvalue weighted by atomic mass is 10.1. The number of hydrogen-bond acceptors (Lipinski definition) is 5. The fourth-order valence-corrected chi connectivity index (χ4v) is 4.06. The van der Waals surface area contributed by atoms with Crippen LogP contribution in [0.2, 0.25) is 0 Å². The van der Waals surface area contributed by atoms with Gasteiger partial charge >= 0.3 is 0 Å². The van der Waals surface area contributed by atoms with Gasteiger partial charge in [-0.25, -0.2) is 0 Å². The van der Waals surface area contributed by atoms with E-state index in [2.05, 4.69) is 15.1 Å². The first-order valence-electron chi connectivity index (χ1n) is 9.84. The van der Waals surface area contributed by atoms with Crippen LogP contribution in [0, 0.1) is 0 Å². The minimum Gasteiger partial charge on any atom is -0.380 e. The maximum absolute atomic E-state index is 12.6. The third kappa shape index (κ3) is 3.91. The molecule has 2 aliphatic rings. The number of rotatable bonds is 4. The molecule has 2 aliphatic heterocycles. The molecule has 146 valence electrons. The van der Waals surface area contributed by atoms with Crippen molar-refractivity contribution in [3.8, 4) is 0 Å². The molecular formula is C19H28N6O2. The zero-order valence-corrected chi connectivity index (χ0v) is 15.9. The number of hydrogen-bond donors (Lipinski definition) is 1. The molecule has 0 spiro atoms. The highest BCUT2D eigenvalue weighted by Gasteiger charge is 2.24. The number of aliphatic hydroxyl groups is 1. The van der Waals surface area contributed by atoms with Crippen LogP contribution in [-0.4, -0.2) is 66.6 Å². The Morgan fingerprint density at radius 1 is 1.19 bits per heavy atom. The third-order valence-corrected chi connectivity index (χ3v) is 5.60. The highest BCUT2D eigenvalue weighted by molar-refractivity contribution is 5.78. The van der Waals surface area contributed by atoms with Gasteiger partial charge in [0.25, 0.3) is 0 Å². The highest BCUT2D eigenvalue weighted by atomic mass is 16.3. The fraction of sp³-hybridized carbons (Fsp3) is 0.632. The van der Waals surface area contributed by atoms with E-state index in [4.69, 9.17) is 0 Å². The standard InChI is InChI=1S/C19H28N6O2/c1-22-17(6-7-20-22)19(27)16-12-15-13-23(8-5-11-25(15)21-16)14-18(26)24-9-3-2-4-10-24/h6-7,12,19,27H,2-5,8-11,13-14H2,1H3. The predicted octanol–water partition coefficient (Wildman–Crippen LogP) is 0.916. The summed E-state index contributed by atoms with van der Waals surface area (Å²) in [5, 5.41) is 19.4. The molecule has 1 fully saturated rings. The zero-order chi connectivity index (χ0) is 18.8. The molecule has 1 saturated heterocycles. The normalized spacial score (nSPS) is 19.6. The molecule has 0 bridgehead atoms. The quantitative estimate of drug-likeness (QED) is 0.863. The summed E-state index contributed by atoms with van der Waals surface area (Å²) in [4.78, 5) is 16.8. The van der Waals surface area contributed by atoms with Gasteiger partial charge < -0.3 is 10.0 Å². The molecule has 1 unspecified atom stereocenters. The van der Waals surface area contributed by atoms with Gasteiger partial charge in [0.15, 0.2) is 0 Å². The van der Waals surface area contributed by atoms with Crippen molar-refractivity contribution in [2.24, 2.45) is 7.05 Å². The van der Waals surface area contributed by atoms with Gasteiger partial charge in [0.05, 0.1) is 23.6 Å². The number of carbonyl (C=O) groups is 1. The zero-order valence-electron chi connectivity index (χ0n) is 15.9. The van der Waals surface area contributed by atoms with E-state index in [-0.39, 0.29) is 5.91 Å². The highest BCUT2D eigenvalue weighted by Crippen LogP contribution is 2.23. The van der Waals surface area contributed by atoms with Crippen LogP contribution in [0.15, 0.2) is 18.3 Å². The molecule has 2 aromatic rings. The number of nitrogens with zero attached hydrogens (tertiary/aromatic N) is 6. The molecule has 4 heterocycles. The molecule has 8 heteroatoms. The number of aryl methyl sites for hydroxylation is 2. The maximum Gasteiger partial charge on any atom is 0.236 e. The van der Waals surface area contributed by atoms with Crippen LogP contribution in [0.25, 0.3) is 0 Å². The molecule has 2 aromatic heterocycles. The summed E-state index contributed by atoms with van der Waals surface area (Å²) in [5.41, 5.74) is 2.41. The Kier molecular flexibility index (Phi) is 5.27. The van der Waals surface area contributed by atoms with E-state index in [1.807, 2.05) is 22.7 Å². The number of likely N-dealkylation sites (tertiary alicyclic amines) is 1. The first-order valence-corrected chi connectivity index (χ1v) is 9.84. The molecule has 1 atom stereocenters. The van der Waals surface area contributed by atoms with Crippen LogP contribution in [0.3, 0.4) is 0 Å². The number of amides is 1. The number of aliphatic hydroxyl groups excluding tert-OH is 1. The molecule has 0 aliphatic carbocycles. The van der Waals surface area contributed by atoms with E-state index >= 15 is 0 Å². The molecule has 1 N–H and O–H groups in total. The molecule has 27 heavy (non-hydrogen) atoms. The van der Waals surface area contributed by atoms with Gasteiger partial charge in [-0.05, 0) is 37.8 Å². The number of carbonyl (C=O) groups excluding carboxylic acids is 1. The van der Waals surface area contributed by atoms with Crippen molar-refractivity contribution in [2.75, 3.05) is 26.2 Å². The second-order valence-corrected chi connectivity index (χ2v) is 7.57. The SMILES string of the molecule is Cn1nccc1C(O)c1cc2n(n1)CCCN(CC(=O)N1CCCCC1)C2. The molecule has 0 aromatic carbocycles. The monoisotopic (exact) mass is 372 g/mol. The Labute approximate surface area is 159 Å². The van der Waals surface area contributed by atoms with Crippen molar-refractivity contribution < 1.29 is 9.90 Å². The van der Waals surface area contributed by atoms with Crippen molar-refractivity contribution in [3.05, 3.63) is 35.4 Å². The third-order valence-electron chi connectivity index (χ3n) is 5.60. The van der Waals surface area contributed by atoms with Crippen molar-refractivity contribution in [1.29, 1.82) is 0 Å². The summed E-state index contributed by atoms with van der Waals surface area (Å²) in [6.07, 6.45) is 5.30. The average molecular weight is 372 g/mol. The molecule has 0 radical (unpaired) electrons. The first-order chi connectivity index (χ1) is 13.1. The summed E-state index contributed by atoms with van der Waals surface area (Å²) in [6.45, 7) is 4.64. The van der Waals surface area contributed by atoms with Crippen LogP contribution in [0.5, 0.6) is 0 Å². The number of piperidine rings is 1. The van der Waals surface area contributed by atoms with E-state index < -0.39 is 6.10 Å². The molecule has 1 amide bonds. The van der Waals surface area contributed by atoms with Gasteiger partial charge in [0, 0.05) is 46.0 Å². The number of aromatic nitrogens is 4. The van der Waals surface area contributed by atoms with Gasteiger partial charge in [-0.2, -0.15) is 10.2 Å². The van der Waals surface area contributed by atoms with Gasteiger partial charge in [0.2, 0.25) is 5.91 Å². The van der Waals surface area contributed by atoms with E-state index in [1.165, 1.54) is 6.42 Å². The minimum absolute atomic E-state index is 0.234.